The van der Waals surface area contributed by atoms with Crippen molar-refractivity contribution in [2.24, 2.45) is 0 Å². The van der Waals surface area contributed by atoms with Gasteiger partial charge in [-0.25, -0.2) is 0 Å². The monoisotopic (exact) mass is 414 g/mol. The number of amides is 1. The average molecular weight is 415 g/mol. The van der Waals surface area contributed by atoms with Gasteiger partial charge in [-0.2, -0.15) is 0 Å². The lowest BCUT2D eigenvalue weighted by atomic mass is 10.2. The number of nitrogens with zero attached hydrogens (tertiary/aromatic N) is 3. The summed E-state index contributed by atoms with van der Waals surface area (Å²) in [6, 6.07) is 17.2. The molecule has 0 radical (unpaired) electrons. The van der Waals surface area contributed by atoms with Crippen LogP contribution in [0.25, 0.3) is 0 Å². The minimum atomic E-state index is -0.0295. The second-order valence-corrected chi connectivity index (χ2v) is 8.02. The molecule has 2 aromatic carbocycles. The van der Waals surface area contributed by atoms with E-state index in [-0.39, 0.29) is 18.5 Å². The van der Waals surface area contributed by atoms with Crippen molar-refractivity contribution in [3.05, 3.63) is 58.6 Å². The summed E-state index contributed by atoms with van der Waals surface area (Å²) in [5, 5.41) is 7.71. The molecule has 0 aliphatic heterocycles. The van der Waals surface area contributed by atoms with Crippen molar-refractivity contribution in [3.63, 3.8) is 0 Å². The average Bonchev–Trinajstić information content (AvgIpc) is 3.13. The number of hydrogen-bond donors (Lipinski definition) is 1. The number of methoxy groups -OCH3 is 1. The normalized spacial score (nSPS) is 10.7. The molecule has 1 aromatic heterocycles. The third-order valence-corrected chi connectivity index (χ3v) is 5.27. The van der Waals surface area contributed by atoms with E-state index in [1.807, 2.05) is 73.3 Å². The third kappa shape index (κ3) is 4.58. The van der Waals surface area contributed by atoms with E-state index in [4.69, 9.17) is 17.0 Å². The number of carbonyl (C=O) groups excluding carboxylic acids is 1. The van der Waals surface area contributed by atoms with Crippen molar-refractivity contribution in [3.8, 4) is 5.75 Å². The quantitative estimate of drug-likeness (QED) is 0.563. The van der Waals surface area contributed by atoms with Crippen LogP contribution in [0.2, 0.25) is 0 Å². The van der Waals surface area contributed by atoms with Crippen LogP contribution in [0.5, 0.6) is 5.75 Å². The summed E-state index contributed by atoms with van der Waals surface area (Å²) in [6.45, 7) is 4.14. The Balaban J connectivity index is 1.93. The van der Waals surface area contributed by atoms with Crippen LogP contribution in [0.1, 0.15) is 13.8 Å². The van der Waals surface area contributed by atoms with Gasteiger partial charge in [0.15, 0.2) is 3.95 Å². The van der Waals surface area contributed by atoms with Crippen molar-refractivity contribution in [2.75, 3.05) is 23.5 Å². The number of aromatic nitrogens is 2. The van der Waals surface area contributed by atoms with Crippen molar-refractivity contribution in [1.82, 2.24) is 10.2 Å². The second kappa shape index (κ2) is 8.99. The first-order valence-corrected chi connectivity index (χ1v) is 10.1. The first-order chi connectivity index (χ1) is 13.5. The van der Waals surface area contributed by atoms with E-state index in [2.05, 4.69) is 10.2 Å². The first-order valence-electron chi connectivity index (χ1n) is 8.84. The zero-order valence-electron chi connectivity index (χ0n) is 16.0. The van der Waals surface area contributed by atoms with Gasteiger partial charge in [-0.05, 0) is 62.5 Å². The van der Waals surface area contributed by atoms with Crippen LogP contribution >= 0.6 is 23.6 Å². The number of H-pyrrole nitrogens is 1. The Morgan fingerprint density at radius 2 is 1.82 bits per heavy atom. The predicted octanol–water partition coefficient (Wildman–Crippen LogP) is 4.79. The first kappa shape index (κ1) is 20.0. The number of benzene rings is 2. The molecular formula is C20H22N4O2S2. The van der Waals surface area contributed by atoms with Crippen molar-refractivity contribution >= 4 is 46.0 Å². The summed E-state index contributed by atoms with van der Waals surface area (Å²) in [4.78, 5) is 16.9. The van der Waals surface area contributed by atoms with Crippen LogP contribution in [0, 0.1) is 3.95 Å². The fourth-order valence-electron chi connectivity index (χ4n) is 2.90. The van der Waals surface area contributed by atoms with Gasteiger partial charge in [-0.15, -0.1) is 5.10 Å². The van der Waals surface area contributed by atoms with Crippen LogP contribution < -0.4 is 14.5 Å². The molecular weight excluding hydrogens is 392 g/mol. The Labute approximate surface area is 173 Å². The molecule has 146 valence electrons. The van der Waals surface area contributed by atoms with Gasteiger partial charge in [0, 0.05) is 17.4 Å². The summed E-state index contributed by atoms with van der Waals surface area (Å²) in [7, 11) is 1.62. The maximum atomic E-state index is 13.3. The Morgan fingerprint density at radius 1 is 1.14 bits per heavy atom. The molecule has 28 heavy (non-hydrogen) atoms. The maximum absolute atomic E-state index is 13.3. The van der Waals surface area contributed by atoms with E-state index < -0.39 is 0 Å². The number of carbonyl (C=O) groups is 1. The lowest BCUT2D eigenvalue weighted by molar-refractivity contribution is -0.117. The Kier molecular flexibility index (Phi) is 6.43. The zero-order valence-corrected chi connectivity index (χ0v) is 17.6. The number of anilines is 3. The molecule has 0 saturated heterocycles. The topological polar surface area (TPSA) is 61.5 Å². The van der Waals surface area contributed by atoms with Gasteiger partial charge in [0.25, 0.3) is 0 Å². The van der Waals surface area contributed by atoms with Crippen molar-refractivity contribution < 1.29 is 9.53 Å². The molecule has 3 rings (SSSR count). The minimum Gasteiger partial charge on any atom is -0.497 e. The van der Waals surface area contributed by atoms with E-state index in [9.17, 15) is 4.79 Å². The molecule has 1 amide bonds. The van der Waals surface area contributed by atoms with Gasteiger partial charge in [-0.1, -0.05) is 29.5 Å². The van der Waals surface area contributed by atoms with Gasteiger partial charge in [0.1, 0.15) is 12.3 Å². The molecule has 6 nitrogen and oxygen atoms in total. The van der Waals surface area contributed by atoms with Gasteiger partial charge >= 0.3 is 0 Å². The van der Waals surface area contributed by atoms with E-state index in [1.165, 1.54) is 11.3 Å². The van der Waals surface area contributed by atoms with Crippen LogP contribution in [0.3, 0.4) is 0 Å². The van der Waals surface area contributed by atoms with E-state index in [0.29, 0.717) is 9.09 Å². The van der Waals surface area contributed by atoms with Crippen LogP contribution in [0.4, 0.5) is 16.5 Å². The lowest BCUT2D eigenvalue weighted by Gasteiger charge is -2.30. The maximum Gasteiger partial charge on any atom is 0.247 e. The SMILES string of the molecule is COc1ccc(N(CC(=O)N(c2ccccc2)C(C)C)c2n[nH]c(=S)s2)cc1. The highest BCUT2D eigenvalue weighted by Gasteiger charge is 2.24. The highest BCUT2D eigenvalue weighted by Crippen LogP contribution is 2.29. The summed E-state index contributed by atoms with van der Waals surface area (Å²) >= 11 is 6.51. The van der Waals surface area contributed by atoms with Gasteiger partial charge < -0.3 is 14.5 Å². The highest BCUT2D eigenvalue weighted by molar-refractivity contribution is 7.73. The molecule has 1 heterocycles. The van der Waals surface area contributed by atoms with E-state index in [1.54, 1.807) is 12.0 Å². The fourth-order valence-corrected chi connectivity index (χ4v) is 3.80. The molecule has 0 fully saturated rings. The highest BCUT2D eigenvalue weighted by atomic mass is 32.1. The Hall–Kier alpha value is -2.71. The summed E-state index contributed by atoms with van der Waals surface area (Å²) in [6.07, 6.45) is 0. The molecule has 0 saturated carbocycles. The Bertz CT molecular complexity index is 968. The summed E-state index contributed by atoms with van der Waals surface area (Å²) in [5.74, 6) is 0.718. The minimum absolute atomic E-state index is 0.0185. The molecule has 0 aliphatic rings. The van der Waals surface area contributed by atoms with E-state index >= 15 is 0 Å². The van der Waals surface area contributed by atoms with Crippen LogP contribution in [-0.4, -0.2) is 35.8 Å². The molecule has 0 atom stereocenters. The molecule has 0 aliphatic carbocycles. The number of para-hydroxylation sites is 1. The van der Waals surface area contributed by atoms with Crippen LogP contribution in [-0.2, 0) is 4.79 Å². The molecule has 0 bridgehead atoms. The van der Waals surface area contributed by atoms with E-state index in [0.717, 1.165) is 17.1 Å². The van der Waals surface area contributed by atoms with Crippen molar-refractivity contribution in [2.45, 2.75) is 19.9 Å². The number of rotatable bonds is 7. The number of ether oxygens (including phenoxy) is 1. The molecule has 8 heteroatoms. The molecule has 0 spiro atoms. The zero-order chi connectivity index (χ0) is 20.1. The molecule has 1 N–H and O–H groups in total. The van der Waals surface area contributed by atoms with Gasteiger partial charge in [-0.3, -0.25) is 9.89 Å². The molecule has 0 unspecified atom stereocenters. The van der Waals surface area contributed by atoms with Crippen molar-refractivity contribution in [1.29, 1.82) is 0 Å². The largest absolute Gasteiger partial charge is 0.497 e. The van der Waals surface area contributed by atoms with Crippen LogP contribution in [0.15, 0.2) is 54.6 Å². The number of hydrogen-bond acceptors (Lipinski definition) is 6. The standard InChI is InChI=1S/C20H22N4O2S2/c1-14(2)24(16-7-5-4-6-8-16)18(25)13-23(19-21-22-20(27)28-19)15-9-11-17(26-3)12-10-15/h4-12,14H,13H2,1-3H3,(H,22,27). The summed E-state index contributed by atoms with van der Waals surface area (Å²) < 4.78 is 5.80. The lowest BCUT2D eigenvalue weighted by Crippen LogP contribution is -2.43. The predicted molar refractivity (Wildman–Crippen MR) is 116 cm³/mol. The van der Waals surface area contributed by atoms with Gasteiger partial charge in [0.2, 0.25) is 11.0 Å². The summed E-state index contributed by atoms with van der Waals surface area (Å²) in [5.41, 5.74) is 1.70. The number of nitrogens with one attached hydrogen (secondary N) is 1. The number of aromatic amines is 1. The Morgan fingerprint density at radius 3 is 2.36 bits per heavy atom. The second-order valence-electron chi connectivity index (χ2n) is 6.37. The van der Waals surface area contributed by atoms with Gasteiger partial charge in [0.05, 0.1) is 7.11 Å². The third-order valence-electron chi connectivity index (χ3n) is 4.15. The smallest absolute Gasteiger partial charge is 0.247 e. The fraction of sp³-hybridized carbons (Fsp3) is 0.250. The molecule has 3 aromatic rings.